The predicted molar refractivity (Wildman–Crippen MR) is 132 cm³/mol. The summed E-state index contributed by atoms with van der Waals surface area (Å²) in [6.07, 6.45) is 23.9. The van der Waals surface area contributed by atoms with Crippen molar-refractivity contribution in [3.05, 3.63) is 59.7 Å². The van der Waals surface area contributed by atoms with Crippen LogP contribution in [0.1, 0.15) is 105 Å². The summed E-state index contributed by atoms with van der Waals surface area (Å²) in [6, 6.07) is 6.99. The number of benzene rings is 1. The lowest BCUT2D eigenvalue weighted by Crippen LogP contribution is -2.33. The summed E-state index contributed by atoms with van der Waals surface area (Å²) in [4.78, 5) is 25.8. The standard InChI is InChI=1S/C28H41NO3/c1-2-3-4-5-6-7-8-9-10-11-12-13-14-15-16-19-23-32-24-22-29-27(30)25-20-17-18-21-26(25)28(29)31/h6-7,9-10,17-18,20-21H,2-5,8,11-16,19,22-24H2,1H3/b7-6-,10-9-. The van der Waals surface area contributed by atoms with Crippen molar-refractivity contribution in [3.8, 4) is 0 Å². The van der Waals surface area contributed by atoms with Crippen molar-refractivity contribution in [1.29, 1.82) is 0 Å². The minimum Gasteiger partial charge on any atom is -0.380 e. The van der Waals surface area contributed by atoms with Gasteiger partial charge in [0, 0.05) is 6.61 Å². The van der Waals surface area contributed by atoms with Gasteiger partial charge in [-0.2, -0.15) is 0 Å². The van der Waals surface area contributed by atoms with E-state index in [1.165, 1.54) is 69.1 Å². The lowest BCUT2D eigenvalue weighted by Gasteiger charge is -2.13. The van der Waals surface area contributed by atoms with Gasteiger partial charge < -0.3 is 4.74 Å². The van der Waals surface area contributed by atoms with Crippen LogP contribution in [-0.4, -0.2) is 36.5 Å². The molecule has 0 bridgehead atoms. The topological polar surface area (TPSA) is 46.6 Å². The molecule has 176 valence electrons. The molecule has 0 saturated carbocycles. The fourth-order valence-electron chi connectivity index (χ4n) is 3.89. The Morgan fingerprint density at radius 1 is 0.719 bits per heavy atom. The molecule has 0 N–H and O–H groups in total. The number of rotatable bonds is 18. The third-order valence-electron chi connectivity index (χ3n) is 5.83. The highest BCUT2D eigenvalue weighted by molar-refractivity contribution is 6.21. The summed E-state index contributed by atoms with van der Waals surface area (Å²) in [5, 5.41) is 0. The van der Waals surface area contributed by atoms with Gasteiger partial charge in [-0.1, -0.05) is 81.9 Å². The smallest absolute Gasteiger partial charge is 0.261 e. The molecule has 4 nitrogen and oxygen atoms in total. The molecule has 0 radical (unpaired) electrons. The molecule has 4 heteroatoms. The molecule has 1 heterocycles. The van der Waals surface area contributed by atoms with Crippen molar-refractivity contribution in [3.63, 3.8) is 0 Å². The Bertz CT molecular complexity index is 703. The first-order valence-electron chi connectivity index (χ1n) is 12.6. The van der Waals surface area contributed by atoms with Crippen molar-refractivity contribution < 1.29 is 14.3 Å². The molecule has 0 fully saturated rings. The van der Waals surface area contributed by atoms with E-state index in [0.29, 0.717) is 30.9 Å². The average molecular weight is 440 g/mol. The summed E-state index contributed by atoms with van der Waals surface area (Å²) < 4.78 is 5.65. The number of imide groups is 1. The quantitative estimate of drug-likeness (QED) is 0.139. The molecule has 1 aromatic carbocycles. The number of fused-ring (bicyclic) bond motifs is 1. The average Bonchev–Trinajstić information content (AvgIpc) is 3.05. The van der Waals surface area contributed by atoms with Gasteiger partial charge in [0.15, 0.2) is 0 Å². The van der Waals surface area contributed by atoms with Gasteiger partial charge >= 0.3 is 0 Å². The van der Waals surface area contributed by atoms with E-state index >= 15 is 0 Å². The summed E-state index contributed by atoms with van der Waals surface area (Å²) in [5.74, 6) is -0.411. The highest BCUT2D eigenvalue weighted by Crippen LogP contribution is 2.21. The largest absolute Gasteiger partial charge is 0.380 e. The summed E-state index contributed by atoms with van der Waals surface area (Å²) in [6.45, 7) is 3.67. The minimum atomic E-state index is -0.206. The van der Waals surface area contributed by atoms with Gasteiger partial charge in [0.05, 0.1) is 24.3 Å². The monoisotopic (exact) mass is 439 g/mol. The van der Waals surface area contributed by atoms with Crippen LogP contribution in [0.3, 0.4) is 0 Å². The van der Waals surface area contributed by atoms with Crippen LogP contribution in [0.15, 0.2) is 48.6 Å². The van der Waals surface area contributed by atoms with Crippen LogP contribution in [0, 0.1) is 0 Å². The number of carbonyl (C=O) groups excluding carboxylic acids is 2. The first-order valence-corrected chi connectivity index (χ1v) is 12.6. The van der Waals surface area contributed by atoms with Crippen LogP contribution in [0.25, 0.3) is 0 Å². The molecule has 2 amide bonds. The molecule has 1 aliphatic heterocycles. The first-order chi connectivity index (χ1) is 15.8. The van der Waals surface area contributed by atoms with Gasteiger partial charge in [-0.25, -0.2) is 0 Å². The summed E-state index contributed by atoms with van der Waals surface area (Å²) in [5.41, 5.74) is 1.00. The maximum atomic E-state index is 12.3. The minimum absolute atomic E-state index is 0.206. The number of nitrogens with zero attached hydrogens (tertiary/aromatic N) is 1. The number of allylic oxidation sites excluding steroid dienone is 4. The van der Waals surface area contributed by atoms with Crippen LogP contribution in [-0.2, 0) is 4.74 Å². The second kappa shape index (κ2) is 16.4. The fourth-order valence-corrected chi connectivity index (χ4v) is 3.89. The SMILES string of the molecule is CCCCC/C=C\C/C=C\CCCCCCCCOCCN1C(=O)c2ccccc2C1=O. The second-order valence-electron chi connectivity index (χ2n) is 8.50. The van der Waals surface area contributed by atoms with E-state index in [9.17, 15) is 9.59 Å². The predicted octanol–water partition coefficient (Wildman–Crippen LogP) is 7.11. The van der Waals surface area contributed by atoms with Gasteiger partial charge in [-0.15, -0.1) is 0 Å². The Hall–Kier alpha value is -2.20. The van der Waals surface area contributed by atoms with E-state index in [2.05, 4.69) is 31.2 Å². The number of unbranched alkanes of at least 4 members (excludes halogenated alkanes) is 9. The van der Waals surface area contributed by atoms with Crippen molar-refractivity contribution >= 4 is 11.8 Å². The van der Waals surface area contributed by atoms with Crippen molar-refractivity contribution in [2.45, 2.75) is 84.0 Å². The molecular formula is C28H41NO3. The molecular weight excluding hydrogens is 398 g/mol. The van der Waals surface area contributed by atoms with E-state index in [0.717, 1.165) is 12.8 Å². The lowest BCUT2D eigenvalue weighted by molar-refractivity contribution is 0.0559. The Kier molecular flexibility index (Phi) is 13.4. The number of amides is 2. The summed E-state index contributed by atoms with van der Waals surface area (Å²) >= 11 is 0. The molecule has 0 atom stereocenters. The van der Waals surface area contributed by atoms with Crippen LogP contribution >= 0.6 is 0 Å². The Balaban J connectivity index is 1.36. The van der Waals surface area contributed by atoms with Crippen LogP contribution in [0.5, 0.6) is 0 Å². The molecule has 0 aliphatic carbocycles. The van der Waals surface area contributed by atoms with Crippen LogP contribution < -0.4 is 0 Å². The van der Waals surface area contributed by atoms with E-state index in [-0.39, 0.29) is 11.8 Å². The highest BCUT2D eigenvalue weighted by atomic mass is 16.5. The first kappa shape index (κ1) is 26.1. The van der Waals surface area contributed by atoms with Gasteiger partial charge in [-0.3, -0.25) is 14.5 Å². The number of ether oxygens (including phenoxy) is 1. The Morgan fingerprint density at radius 2 is 1.28 bits per heavy atom. The van der Waals surface area contributed by atoms with Gasteiger partial charge in [0.2, 0.25) is 0 Å². The van der Waals surface area contributed by atoms with Gasteiger partial charge in [0.25, 0.3) is 11.8 Å². The van der Waals surface area contributed by atoms with Crippen LogP contribution in [0.2, 0.25) is 0 Å². The molecule has 0 saturated heterocycles. The zero-order valence-electron chi connectivity index (χ0n) is 19.9. The molecule has 32 heavy (non-hydrogen) atoms. The normalized spacial score (nSPS) is 13.7. The van der Waals surface area contributed by atoms with E-state index < -0.39 is 0 Å². The van der Waals surface area contributed by atoms with E-state index in [1.807, 2.05) is 0 Å². The molecule has 1 aromatic rings. The molecule has 0 aromatic heterocycles. The van der Waals surface area contributed by atoms with Crippen molar-refractivity contribution in [2.75, 3.05) is 19.8 Å². The fraction of sp³-hybridized carbons (Fsp3) is 0.571. The summed E-state index contributed by atoms with van der Waals surface area (Å²) in [7, 11) is 0. The highest BCUT2D eigenvalue weighted by Gasteiger charge is 2.34. The van der Waals surface area contributed by atoms with Gasteiger partial charge in [-0.05, 0) is 50.7 Å². The third-order valence-corrected chi connectivity index (χ3v) is 5.83. The maximum Gasteiger partial charge on any atom is 0.261 e. The Labute approximate surface area is 194 Å². The molecule has 1 aliphatic rings. The molecule has 2 rings (SSSR count). The van der Waals surface area contributed by atoms with E-state index in [4.69, 9.17) is 4.74 Å². The zero-order chi connectivity index (χ0) is 22.9. The lowest BCUT2D eigenvalue weighted by atomic mass is 10.1. The number of carbonyl (C=O) groups is 2. The third kappa shape index (κ3) is 9.52. The zero-order valence-corrected chi connectivity index (χ0v) is 19.9. The second-order valence-corrected chi connectivity index (χ2v) is 8.50. The molecule has 0 spiro atoms. The molecule has 0 unspecified atom stereocenters. The number of hydrogen-bond donors (Lipinski definition) is 0. The Morgan fingerprint density at radius 3 is 1.91 bits per heavy atom. The van der Waals surface area contributed by atoms with Gasteiger partial charge in [0.1, 0.15) is 0 Å². The van der Waals surface area contributed by atoms with Crippen molar-refractivity contribution in [1.82, 2.24) is 4.90 Å². The van der Waals surface area contributed by atoms with E-state index in [1.54, 1.807) is 24.3 Å². The van der Waals surface area contributed by atoms with Crippen molar-refractivity contribution in [2.24, 2.45) is 0 Å². The maximum absolute atomic E-state index is 12.3. The number of hydrogen-bond acceptors (Lipinski definition) is 3. The van der Waals surface area contributed by atoms with Crippen LogP contribution in [0.4, 0.5) is 0 Å².